The number of methoxy groups -OCH3 is 1. The number of carbonyl (C=O) groups excluding carboxylic acids is 1. The van der Waals surface area contributed by atoms with Crippen molar-refractivity contribution in [3.05, 3.63) is 35.3 Å². The lowest BCUT2D eigenvalue weighted by atomic mass is 10.1. The summed E-state index contributed by atoms with van der Waals surface area (Å²) >= 11 is 1.35. The van der Waals surface area contributed by atoms with Crippen LogP contribution in [0.1, 0.15) is 9.67 Å². The Bertz CT molecular complexity index is 764. The number of ether oxygens (including phenoxy) is 1. The number of thiophene rings is 1. The van der Waals surface area contributed by atoms with E-state index in [9.17, 15) is 4.79 Å². The molecule has 0 unspecified atom stereocenters. The van der Waals surface area contributed by atoms with Crippen LogP contribution in [-0.4, -0.2) is 18.1 Å². The van der Waals surface area contributed by atoms with Gasteiger partial charge in [0.05, 0.1) is 18.3 Å². The zero-order chi connectivity index (χ0) is 12.7. The summed E-state index contributed by atoms with van der Waals surface area (Å²) in [5.41, 5.74) is 7.31. The Balaban J connectivity index is 2.42. The SMILES string of the molecule is COC(=O)c1sc2c(cnc3ccccc32)c1N. The summed E-state index contributed by atoms with van der Waals surface area (Å²) in [4.78, 5) is 16.4. The van der Waals surface area contributed by atoms with Crippen molar-refractivity contribution in [2.75, 3.05) is 12.8 Å². The van der Waals surface area contributed by atoms with Crippen LogP contribution in [-0.2, 0) is 4.74 Å². The molecule has 3 rings (SSSR count). The molecule has 2 N–H and O–H groups in total. The highest BCUT2D eigenvalue weighted by Crippen LogP contribution is 2.37. The molecule has 0 aliphatic carbocycles. The van der Waals surface area contributed by atoms with E-state index in [1.54, 1.807) is 6.20 Å². The maximum absolute atomic E-state index is 11.6. The molecule has 18 heavy (non-hydrogen) atoms. The number of carbonyl (C=O) groups is 1. The first-order valence-electron chi connectivity index (χ1n) is 5.36. The Morgan fingerprint density at radius 3 is 2.89 bits per heavy atom. The quantitative estimate of drug-likeness (QED) is 0.682. The van der Waals surface area contributed by atoms with Crippen molar-refractivity contribution in [1.82, 2.24) is 4.98 Å². The second kappa shape index (κ2) is 3.96. The van der Waals surface area contributed by atoms with Crippen LogP contribution in [0.3, 0.4) is 0 Å². The molecular formula is C13H10N2O2S. The van der Waals surface area contributed by atoms with Crippen LogP contribution in [0.25, 0.3) is 21.0 Å². The van der Waals surface area contributed by atoms with Gasteiger partial charge in [-0.3, -0.25) is 4.98 Å². The average molecular weight is 258 g/mol. The van der Waals surface area contributed by atoms with Crippen LogP contribution in [0.2, 0.25) is 0 Å². The van der Waals surface area contributed by atoms with Crippen molar-refractivity contribution < 1.29 is 9.53 Å². The van der Waals surface area contributed by atoms with Crippen LogP contribution in [0.5, 0.6) is 0 Å². The molecule has 0 fully saturated rings. The third-order valence-corrected chi connectivity index (χ3v) is 4.07. The Morgan fingerprint density at radius 1 is 1.33 bits per heavy atom. The summed E-state index contributed by atoms with van der Waals surface area (Å²) in [6.07, 6.45) is 1.70. The monoisotopic (exact) mass is 258 g/mol. The maximum atomic E-state index is 11.6. The van der Waals surface area contributed by atoms with Crippen LogP contribution in [0, 0.1) is 0 Å². The third-order valence-electron chi connectivity index (χ3n) is 2.84. The Kier molecular flexibility index (Phi) is 2.41. The molecule has 5 heteroatoms. The summed E-state index contributed by atoms with van der Waals surface area (Å²) in [7, 11) is 1.35. The molecule has 0 bridgehead atoms. The fraction of sp³-hybridized carbons (Fsp3) is 0.0769. The predicted molar refractivity (Wildman–Crippen MR) is 72.9 cm³/mol. The number of nitrogens with zero attached hydrogens (tertiary/aromatic N) is 1. The zero-order valence-corrected chi connectivity index (χ0v) is 10.5. The highest BCUT2D eigenvalue weighted by Gasteiger charge is 2.18. The molecule has 4 nitrogen and oxygen atoms in total. The van der Waals surface area contributed by atoms with Crippen molar-refractivity contribution in [2.45, 2.75) is 0 Å². The van der Waals surface area contributed by atoms with Crippen LogP contribution >= 0.6 is 11.3 Å². The minimum atomic E-state index is -0.405. The molecule has 1 aromatic carbocycles. The molecule has 0 radical (unpaired) electrons. The predicted octanol–water partition coefficient (Wildman–Crippen LogP) is 2.82. The van der Waals surface area contributed by atoms with Gasteiger partial charge < -0.3 is 10.5 Å². The third kappa shape index (κ3) is 1.44. The summed E-state index contributed by atoms with van der Waals surface area (Å²) in [6.45, 7) is 0. The number of nitrogen functional groups attached to an aromatic ring is 1. The highest BCUT2D eigenvalue weighted by molar-refractivity contribution is 7.22. The number of anilines is 1. The van der Waals surface area contributed by atoms with Gasteiger partial charge in [-0.05, 0) is 6.07 Å². The second-order valence-electron chi connectivity index (χ2n) is 3.85. The molecule has 90 valence electrons. The minimum absolute atomic E-state index is 0.405. The Morgan fingerprint density at radius 2 is 2.11 bits per heavy atom. The Hall–Kier alpha value is -2.14. The van der Waals surface area contributed by atoms with Crippen LogP contribution < -0.4 is 5.73 Å². The molecule has 3 aromatic rings. The van der Waals surface area contributed by atoms with Gasteiger partial charge in [0.2, 0.25) is 0 Å². The number of esters is 1. The lowest BCUT2D eigenvalue weighted by Gasteiger charge is -1.97. The van der Waals surface area contributed by atoms with Gasteiger partial charge in [-0.15, -0.1) is 11.3 Å². The number of benzene rings is 1. The number of aromatic nitrogens is 1. The van der Waals surface area contributed by atoms with E-state index in [1.807, 2.05) is 24.3 Å². The van der Waals surface area contributed by atoms with E-state index >= 15 is 0 Å². The average Bonchev–Trinajstić information content (AvgIpc) is 2.76. The standard InChI is InChI=1S/C13H10N2O2S/c1-17-13(16)12-10(14)8-6-15-9-5-3-2-4-7(9)11(8)18-12/h2-6H,14H2,1H3. The van der Waals surface area contributed by atoms with E-state index in [0.717, 1.165) is 21.0 Å². The van der Waals surface area contributed by atoms with Crippen LogP contribution in [0.15, 0.2) is 30.5 Å². The van der Waals surface area contributed by atoms with E-state index in [-0.39, 0.29) is 0 Å². The fourth-order valence-corrected chi connectivity index (χ4v) is 3.09. The summed E-state index contributed by atoms with van der Waals surface area (Å²) in [5, 5.41) is 1.81. The van der Waals surface area contributed by atoms with Gasteiger partial charge in [0, 0.05) is 21.7 Å². The zero-order valence-electron chi connectivity index (χ0n) is 9.64. The number of para-hydroxylation sites is 1. The lowest BCUT2D eigenvalue weighted by molar-refractivity contribution is 0.0607. The van der Waals surface area contributed by atoms with Crippen LogP contribution in [0.4, 0.5) is 5.69 Å². The van der Waals surface area contributed by atoms with E-state index in [2.05, 4.69) is 4.98 Å². The van der Waals surface area contributed by atoms with Crippen molar-refractivity contribution in [1.29, 1.82) is 0 Å². The molecule has 0 spiro atoms. The van der Waals surface area contributed by atoms with E-state index < -0.39 is 5.97 Å². The van der Waals surface area contributed by atoms with Gasteiger partial charge >= 0.3 is 5.97 Å². The number of pyridine rings is 1. The number of hydrogen-bond acceptors (Lipinski definition) is 5. The molecule has 0 saturated carbocycles. The van der Waals surface area contributed by atoms with Gasteiger partial charge in [-0.25, -0.2) is 4.79 Å². The molecule has 0 amide bonds. The summed E-state index contributed by atoms with van der Waals surface area (Å²) in [5.74, 6) is -0.405. The number of nitrogens with two attached hydrogens (primary N) is 1. The van der Waals surface area contributed by atoms with Gasteiger partial charge in [0.25, 0.3) is 0 Å². The van der Waals surface area contributed by atoms with E-state index in [1.165, 1.54) is 18.4 Å². The first-order chi connectivity index (χ1) is 8.72. The molecule has 0 atom stereocenters. The molecule has 2 aromatic heterocycles. The first kappa shape index (κ1) is 11.0. The summed E-state index contributed by atoms with van der Waals surface area (Å²) < 4.78 is 5.70. The van der Waals surface area contributed by atoms with E-state index in [4.69, 9.17) is 10.5 Å². The number of fused-ring (bicyclic) bond motifs is 3. The summed E-state index contributed by atoms with van der Waals surface area (Å²) in [6, 6.07) is 7.78. The minimum Gasteiger partial charge on any atom is -0.465 e. The van der Waals surface area contributed by atoms with Gasteiger partial charge in [0.15, 0.2) is 0 Å². The molecule has 0 aliphatic rings. The first-order valence-corrected chi connectivity index (χ1v) is 6.18. The van der Waals surface area contributed by atoms with Crippen molar-refractivity contribution in [3.63, 3.8) is 0 Å². The number of rotatable bonds is 1. The molecule has 2 heterocycles. The highest BCUT2D eigenvalue weighted by atomic mass is 32.1. The molecule has 0 saturated heterocycles. The maximum Gasteiger partial charge on any atom is 0.350 e. The van der Waals surface area contributed by atoms with Crippen molar-refractivity contribution >= 4 is 44.0 Å². The number of hydrogen-bond donors (Lipinski definition) is 1. The topological polar surface area (TPSA) is 65.2 Å². The van der Waals surface area contributed by atoms with Crippen molar-refractivity contribution in [2.24, 2.45) is 0 Å². The van der Waals surface area contributed by atoms with Gasteiger partial charge in [-0.2, -0.15) is 0 Å². The Labute approximate surface area is 107 Å². The molecular weight excluding hydrogens is 248 g/mol. The van der Waals surface area contributed by atoms with Crippen molar-refractivity contribution in [3.8, 4) is 0 Å². The largest absolute Gasteiger partial charge is 0.465 e. The molecule has 0 aliphatic heterocycles. The normalized spacial score (nSPS) is 10.9. The van der Waals surface area contributed by atoms with Gasteiger partial charge in [0.1, 0.15) is 4.88 Å². The van der Waals surface area contributed by atoms with E-state index in [0.29, 0.717) is 10.6 Å². The second-order valence-corrected chi connectivity index (χ2v) is 4.88. The van der Waals surface area contributed by atoms with Gasteiger partial charge in [-0.1, -0.05) is 18.2 Å². The lowest BCUT2D eigenvalue weighted by Crippen LogP contribution is -2.01. The smallest absolute Gasteiger partial charge is 0.350 e. The fourth-order valence-electron chi connectivity index (χ4n) is 1.94.